The van der Waals surface area contributed by atoms with Gasteiger partial charge in [-0.3, -0.25) is 4.79 Å². The van der Waals surface area contributed by atoms with Crippen LogP contribution in [-0.4, -0.2) is 10.8 Å². The van der Waals surface area contributed by atoms with E-state index < -0.39 is 0 Å². The van der Waals surface area contributed by atoms with Gasteiger partial charge in [-0.05, 0) is 40.5 Å². The molecule has 0 radical (unpaired) electrons. The fourth-order valence-electron chi connectivity index (χ4n) is 0.805. The Morgan fingerprint density at radius 2 is 2.18 bits per heavy atom. The van der Waals surface area contributed by atoms with Gasteiger partial charge >= 0.3 is 0 Å². The molecule has 0 saturated heterocycles. The molecule has 1 rings (SSSR count). The highest BCUT2D eigenvalue weighted by molar-refractivity contribution is 9.10. The lowest BCUT2D eigenvalue weighted by molar-refractivity contribution is 0.101. The largest absolute Gasteiger partial charge is 0.293 e. The molecule has 1 aromatic rings. The molecule has 0 aliphatic heterocycles. The Morgan fingerprint density at radius 1 is 1.55 bits per heavy atom. The zero-order valence-corrected chi connectivity index (χ0v) is 7.97. The zero-order chi connectivity index (χ0) is 8.43. The van der Waals surface area contributed by atoms with Crippen LogP contribution >= 0.6 is 15.9 Å². The molecule has 0 unspecified atom stereocenters. The number of Topliss-reactive ketones (excluding diaryl/α,β-unsaturated/α-hetero) is 1. The number of aromatic nitrogens is 1. The fraction of sp³-hybridized carbons (Fsp3) is 0.250. The number of carbonyl (C=O) groups excluding carboxylic acids is 1. The summed E-state index contributed by atoms with van der Waals surface area (Å²) in [6.45, 7) is 3.44. The number of rotatable bonds is 1. The summed E-state index contributed by atoms with van der Waals surface area (Å²) >= 11 is 3.22. The van der Waals surface area contributed by atoms with E-state index in [2.05, 4.69) is 20.9 Å². The summed E-state index contributed by atoms with van der Waals surface area (Å²) in [5, 5.41) is 0. The average molecular weight is 214 g/mol. The second kappa shape index (κ2) is 3.13. The molecule has 0 aromatic carbocycles. The normalized spacial score (nSPS) is 9.73. The van der Waals surface area contributed by atoms with Crippen LogP contribution in [0.4, 0.5) is 0 Å². The molecule has 0 amide bonds. The summed E-state index contributed by atoms with van der Waals surface area (Å²) in [5.74, 6) is -0.00519. The quantitative estimate of drug-likeness (QED) is 0.530. The van der Waals surface area contributed by atoms with Crippen molar-refractivity contribution in [2.24, 2.45) is 0 Å². The topological polar surface area (TPSA) is 30.0 Å². The molecular formula is C8H8BrNO. The number of hydrogen-bond donors (Lipinski definition) is 0. The molecular weight excluding hydrogens is 206 g/mol. The summed E-state index contributed by atoms with van der Waals surface area (Å²) in [6.07, 6.45) is 0. The highest BCUT2D eigenvalue weighted by Crippen LogP contribution is 2.10. The second-order valence-electron chi connectivity index (χ2n) is 2.41. The monoisotopic (exact) mass is 213 g/mol. The Balaban J connectivity index is 3.19. The number of ketones is 1. The lowest BCUT2D eigenvalue weighted by atomic mass is 10.2. The predicted molar refractivity (Wildman–Crippen MR) is 46.7 cm³/mol. The van der Waals surface area contributed by atoms with Crippen LogP contribution in [0.3, 0.4) is 0 Å². The molecule has 0 spiro atoms. The summed E-state index contributed by atoms with van der Waals surface area (Å²) in [7, 11) is 0. The van der Waals surface area contributed by atoms with Crippen molar-refractivity contribution in [3.63, 3.8) is 0 Å². The van der Waals surface area contributed by atoms with Crippen LogP contribution in [0.2, 0.25) is 0 Å². The van der Waals surface area contributed by atoms with Gasteiger partial charge < -0.3 is 0 Å². The molecule has 11 heavy (non-hydrogen) atoms. The first-order valence-corrected chi connectivity index (χ1v) is 4.04. The Kier molecular flexibility index (Phi) is 2.39. The summed E-state index contributed by atoms with van der Waals surface area (Å²) in [4.78, 5) is 14.9. The van der Waals surface area contributed by atoms with E-state index in [1.807, 2.05) is 13.0 Å². The van der Waals surface area contributed by atoms with Crippen molar-refractivity contribution in [1.29, 1.82) is 0 Å². The van der Waals surface area contributed by atoms with Crippen LogP contribution in [-0.2, 0) is 0 Å². The van der Waals surface area contributed by atoms with Crippen LogP contribution in [0, 0.1) is 6.92 Å². The lowest BCUT2D eigenvalue weighted by Gasteiger charge is -1.97. The molecule has 0 atom stereocenters. The number of nitrogens with zero attached hydrogens (tertiary/aromatic N) is 1. The third-order valence-electron chi connectivity index (χ3n) is 1.30. The Bertz CT molecular complexity index is 276. The third-order valence-corrected chi connectivity index (χ3v) is 1.71. The van der Waals surface area contributed by atoms with Crippen molar-refractivity contribution >= 4 is 21.7 Å². The molecule has 2 nitrogen and oxygen atoms in total. The van der Waals surface area contributed by atoms with E-state index in [1.54, 1.807) is 6.07 Å². The molecule has 0 aliphatic rings. The number of aryl methyl sites for hydroxylation is 1. The van der Waals surface area contributed by atoms with Gasteiger partial charge in [0, 0.05) is 6.92 Å². The van der Waals surface area contributed by atoms with Gasteiger partial charge in [0.05, 0.1) is 0 Å². The minimum Gasteiger partial charge on any atom is -0.293 e. The maximum absolute atomic E-state index is 10.9. The third kappa shape index (κ3) is 2.12. The van der Waals surface area contributed by atoms with Gasteiger partial charge in [-0.15, -0.1) is 0 Å². The van der Waals surface area contributed by atoms with Gasteiger partial charge in [-0.2, -0.15) is 0 Å². The number of hydrogen-bond acceptors (Lipinski definition) is 2. The minimum atomic E-state index is -0.00519. The lowest BCUT2D eigenvalue weighted by Crippen LogP contribution is -1.97. The van der Waals surface area contributed by atoms with E-state index in [0.29, 0.717) is 10.3 Å². The Morgan fingerprint density at radius 3 is 2.64 bits per heavy atom. The van der Waals surface area contributed by atoms with Gasteiger partial charge in [-0.1, -0.05) is 0 Å². The van der Waals surface area contributed by atoms with Gasteiger partial charge in [0.2, 0.25) is 0 Å². The highest BCUT2D eigenvalue weighted by Gasteiger charge is 2.01. The van der Waals surface area contributed by atoms with Crippen LogP contribution in [0.15, 0.2) is 16.7 Å². The van der Waals surface area contributed by atoms with Gasteiger partial charge in [0.15, 0.2) is 5.78 Å². The molecule has 0 fully saturated rings. The summed E-state index contributed by atoms with van der Waals surface area (Å²) < 4.78 is 0.711. The molecule has 3 heteroatoms. The maximum atomic E-state index is 10.9. The molecule has 1 aromatic heterocycles. The van der Waals surface area contributed by atoms with Crippen molar-refractivity contribution in [3.8, 4) is 0 Å². The van der Waals surface area contributed by atoms with Crippen molar-refractivity contribution in [1.82, 2.24) is 4.98 Å². The molecule has 58 valence electrons. The number of carbonyl (C=O) groups is 1. The zero-order valence-electron chi connectivity index (χ0n) is 6.39. The van der Waals surface area contributed by atoms with E-state index in [-0.39, 0.29) is 5.78 Å². The van der Waals surface area contributed by atoms with Crippen molar-refractivity contribution in [2.45, 2.75) is 13.8 Å². The van der Waals surface area contributed by atoms with Gasteiger partial charge in [0.25, 0.3) is 0 Å². The standard InChI is InChI=1S/C8H8BrNO/c1-5-3-7(6(2)11)10-8(9)4-5/h3-4H,1-2H3. The molecule has 0 bridgehead atoms. The summed E-state index contributed by atoms with van der Waals surface area (Å²) in [6, 6.07) is 3.64. The van der Waals surface area contributed by atoms with E-state index >= 15 is 0 Å². The van der Waals surface area contributed by atoms with Crippen molar-refractivity contribution < 1.29 is 4.79 Å². The van der Waals surface area contributed by atoms with E-state index in [1.165, 1.54) is 6.92 Å². The fourth-order valence-corrected chi connectivity index (χ4v) is 1.36. The first kappa shape index (κ1) is 8.40. The minimum absolute atomic E-state index is 0.00519. The molecule has 1 heterocycles. The highest BCUT2D eigenvalue weighted by atomic mass is 79.9. The molecule has 0 aliphatic carbocycles. The first-order valence-electron chi connectivity index (χ1n) is 3.25. The van der Waals surface area contributed by atoms with Crippen LogP contribution in [0.1, 0.15) is 23.0 Å². The number of halogens is 1. The SMILES string of the molecule is CC(=O)c1cc(C)cc(Br)n1. The first-order chi connectivity index (χ1) is 5.09. The molecule has 0 N–H and O–H groups in total. The van der Waals surface area contributed by atoms with Crippen LogP contribution in [0.5, 0.6) is 0 Å². The summed E-state index contributed by atoms with van der Waals surface area (Å²) in [5.41, 5.74) is 1.55. The van der Waals surface area contributed by atoms with Gasteiger partial charge in [0.1, 0.15) is 10.3 Å². The van der Waals surface area contributed by atoms with Gasteiger partial charge in [-0.25, -0.2) is 4.98 Å². The van der Waals surface area contributed by atoms with Crippen molar-refractivity contribution in [3.05, 3.63) is 28.0 Å². The maximum Gasteiger partial charge on any atom is 0.178 e. The Labute approximate surface area is 73.8 Å². The second-order valence-corrected chi connectivity index (χ2v) is 3.22. The average Bonchev–Trinajstić information content (AvgIpc) is 1.85. The predicted octanol–water partition coefficient (Wildman–Crippen LogP) is 2.36. The van der Waals surface area contributed by atoms with Crippen LogP contribution in [0.25, 0.3) is 0 Å². The molecule has 0 saturated carbocycles. The Hall–Kier alpha value is -0.700. The van der Waals surface area contributed by atoms with Crippen LogP contribution < -0.4 is 0 Å². The number of pyridine rings is 1. The van der Waals surface area contributed by atoms with E-state index in [9.17, 15) is 4.79 Å². The van der Waals surface area contributed by atoms with E-state index in [0.717, 1.165) is 5.56 Å². The smallest absolute Gasteiger partial charge is 0.178 e. The van der Waals surface area contributed by atoms with Crippen molar-refractivity contribution in [2.75, 3.05) is 0 Å². The van der Waals surface area contributed by atoms with E-state index in [4.69, 9.17) is 0 Å².